The van der Waals surface area contributed by atoms with Crippen LogP contribution in [0.15, 0.2) is 12.2 Å². The first kappa shape index (κ1) is 26.7. The third-order valence-corrected chi connectivity index (χ3v) is 5.59. The normalized spacial score (nSPS) is 13.1. The fourth-order valence-corrected chi connectivity index (χ4v) is 3.52. The van der Waals surface area contributed by atoms with E-state index in [9.17, 15) is 9.59 Å². The summed E-state index contributed by atoms with van der Waals surface area (Å²) in [5, 5.41) is 0. The van der Waals surface area contributed by atoms with Gasteiger partial charge in [0.25, 0.3) is 5.91 Å². The van der Waals surface area contributed by atoms with Crippen molar-refractivity contribution in [2.45, 2.75) is 129 Å². The summed E-state index contributed by atoms with van der Waals surface area (Å²) in [5.41, 5.74) is 4.64. The lowest BCUT2D eigenvalue weighted by atomic mass is 9.91. The minimum atomic E-state index is -1.19. The first-order valence-corrected chi connectivity index (χ1v) is 11.6. The van der Waals surface area contributed by atoms with Crippen molar-refractivity contribution in [3.8, 4) is 0 Å². The highest BCUT2D eigenvalue weighted by atomic mass is 16.6. The van der Waals surface area contributed by atoms with Crippen LogP contribution in [0.2, 0.25) is 0 Å². The molecule has 1 unspecified atom stereocenters. The summed E-state index contributed by atoms with van der Waals surface area (Å²) >= 11 is 0. The molecule has 28 heavy (non-hydrogen) atoms. The second-order valence-electron chi connectivity index (χ2n) is 8.23. The summed E-state index contributed by atoms with van der Waals surface area (Å²) in [4.78, 5) is 23.7. The SMILES string of the molecule is C=C(C)C(=O)OC(CC)(CCCCCCCCCCCCCCCC)C(N)=O. The van der Waals surface area contributed by atoms with Gasteiger partial charge in [0.2, 0.25) is 0 Å². The average molecular weight is 396 g/mol. The second kappa shape index (κ2) is 16.6. The highest BCUT2D eigenvalue weighted by molar-refractivity contribution is 5.92. The number of hydrogen-bond acceptors (Lipinski definition) is 3. The van der Waals surface area contributed by atoms with Gasteiger partial charge in [-0.25, -0.2) is 4.79 Å². The summed E-state index contributed by atoms with van der Waals surface area (Å²) in [6.07, 6.45) is 18.8. The molecule has 0 heterocycles. The van der Waals surface area contributed by atoms with Gasteiger partial charge < -0.3 is 10.5 Å². The van der Waals surface area contributed by atoms with Crippen LogP contribution in [0.5, 0.6) is 0 Å². The number of unbranched alkanes of at least 4 members (excludes halogenated alkanes) is 13. The van der Waals surface area contributed by atoms with Gasteiger partial charge >= 0.3 is 5.97 Å². The molecule has 0 aliphatic heterocycles. The largest absolute Gasteiger partial charge is 0.446 e. The first-order chi connectivity index (χ1) is 13.4. The summed E-state index contributed by atoms with van der Waals surface area (Å²) in [6, 6.07) is 0. The Kier molecular flexibility index (Phi) is 15.8. The number of carbonyl (C=O) groups excluding carboxylic acids is 2. The van der Waals surface area contributed by atoms with Crippen molar-refractivity contribution in [3.63, 3.8) is 0 Å². The molecule has 2 N–H and O–H groups in total. The van der Waals surface area contributed by atoms with Crippen LogP contribution in [0.25, 0.3) is 0 Å². The van der Waals surface area contributed by atoms with E-state index in [1.165, 1.54) is 70.6 Å². The summed E-state index contributed by atoms with van der Waals surface area (Å²) < 4.78 is 5.41. The highest BCUT2D eigenvalue weighted by Gasteiger charge is 2.38. The third kappa shape index (κ3) is 12.2. The van der Waals surface area contributed by atoms with E-state index in [0.29, 0.717) is 18.4 Å². The molecule has 0 bridgehead atoms. The zero-order chi connectivity index (χ0) is 21.3. The quantitative estimate of drug-likeness (QED) is 0.152. The van der Waals surface area contributed by atoms with Crippen LogP contribution in [0.4, 0.5) is 0 Å². The highest BCUT2D eigenvalue weighted by Crippen LogP contribution is 2.25. The van der Waals surface area contributed by atoms with Gasteiger partial charge in [-0.2, -0.15) is 0 Å². The fourth-order valence-electron chi connectivity index (χ4n) is 3.52. The molecule has 0 spiro atoms. The van der Waals surface area contributed by atoms with Crippen LogP contribution in [0, 0.1) is 0 Å². The Labute approximate surface area is 173 Å². The maximum Gasteiger partial charge on any atom is 0.334 e. The number of primary amides is 1. The number of carbonyl (C=O) groups is 2. The van der Waals surface area contributed by atoms with Crippen molar-refractivity contribution in [2.75, 3.05) is 0 Å². The Morgan fingerprint density at radius 3 is 1.50 bits per heavy atom. The molecule has 0 aliphatic rings. The first-order valence-electron chi connectivity index (χ1n) is 11.6. The van der Waals surface area contributed by atoms with Gasteiger partial charge in [-0.15, -0.1) is 0 Å². The Bertz CT molecular complexity index is 447. The Hall–Kier alpha value is -1.32. The lowest BCUT2D eigenvalue weighted by Gasteiger charge is -2.29. The topological polar surface area (TPSA) is 69.4 Å². The van der Waals surface area contributed by atoms with Gasteiger partial charge in [-0.1, -0.05) is 104 Å². The van der Waals surface area contributed by atoms with E-state index in [4.69, 9.17) is 10.5 Å². The Morgan fingerprint density at radius 1 is 0.786 bits per heavy atom. The maximum absolute atomic E-state index is 11.9. The van der Waals surface area contributed by atoms with Crippen molar-refractivity contribution in [1.29, 1.82) is 0 Å². The van der Waals surface area contributed by atoms with E-state index >= 15 is 0 Å². The van der Waals surface area contributed by atoms with Crippen LogP contribution in [0.3, 0.4) is 0 Å². The summed E-state index contributed by atoms with van der Waals surface area (Å²) in [6.45, 7) is 9.25. The number of nitrogens with two attached hydrogens (primary N) is 1. The molecule has 0 saturated heterocycles. The van der Waals surface area contributed by atoms with Gasteiger partial charge in [0.1, 0.15) is 0 Å². The van der Waals surface area contributed by atoms with Crippen LogP contribution in [-0.2, 0) is 14.3 Å². The molecule has 0 rings (SSSR count). The molecule has 1 amide bonds. The minimum Gasteiger partial charge on any atom is -0.446 e. The standard InChI is InChI=1S/C24H45NO3/c1-5-7-8-9-10-11-12-13-14-15-16-17-18-19-20-24(6-2,23(25)27)28-22(26)21(3)4/h3,5-20H2,1-2,4H3,(H2,25,27). The van der Waals surface area contributed by atoms with E-state index in [1.54, 1.807) is 6.92 Å². The molecular weight excluding hydrogens is 350 g/mol. The average Bonchev–Trinajstić information content (AvgIpc) is 2.66. The van der Waals surface area contributed by atoms with Crippen LogP contribution >= 0.6 is 0 Å². The summed E-state index contributed by atoms with van der Waals surface area (Å²) in [5.74, 6) is -1.09. The fraction of sp³-hybridized carbons (Fsp3) is 0.833. The number of rotatable bonds is 19. The predicted octanol–water partition coefficient (Wildman–Crippen LogP) is 6.61. The van der Waals surface area contributed by atoms with E-state index in [2.05, 4.69) is 13.5 Å². The van der Waals surface area contributed by atoms with Crippen LogP contribution in [0.1, 0.15) is 124 Å². The van der Waals surface area contributed by atoms with Gasteiger partial charge in [0.15, 0.2) is 5.60 Å². The smallest absolute Gasteiger partial charge is 0.334 e. The Balaban J connectivity index is 3.79. The lowest BCUT2D eigenvalue weighted by Crippen LogP contribution is -2.47. The predicted molar refractivity (Wildman–Crippen MR) is 118 cm³/mol. The minimum absolute atomic E-state index is 0.292. The molecule has 4 nitrogen and oxygen atoms in total. The zero-order valence-electron chi connectivity index (χ0n) is 18.8. The molecule has 0 aromatic carbocycles. The summed E-state index contributed by atoms with van der Waals surface area (Å²) in [7, 11) is 0. The van der Waals surface area contributed by atoms with E-state index in [-0.39, 0.29) is 0 Å². The van der Waals surface area contributed by atoms with Gasteiger partial charge in [-0.05, 0) is 26.2 Å². The van der Waals surface area contributed by atoms with Crippen LogP contribution < -0.4 is 5.73 Å². The van der Waals surface area contributed by atoms with E-state index in [1.807, 2.05) is 6.92 Å². The molecule has 4 heteroatoms. The number of amides is 1. The second-order valence-corrected chi connectivity index (χ2v) is 8.23. The van der Waals surface area contributed by atoms with Gasteiger partial charge in [0, 0.05) is 5.57 Å². The van der Waals surface area contributed by atoms with E-state index in [0.717, 1.165) is 19.3 Å². The monoisotopic (exact) mass is 395 g/mol. The van der Waals surface area contributed by atoms with E-state index < -0.39 is 17.5 Å². The Morgan fingerprint density at radius 2 is 1.18 bits per heavy atom. The van der Waals surface area contributed by atoms with Crippen molar-refractivity contribution in [2.24, 2.45) is 5.73 Å². The van der Waals surface area contributed by atoms with Gasteiger partial charge in [0.05, 0.1) is 0 Å². The molecular formula is C24H45NO3. The molecule has 0 aromatic heterocycles. The molecule has 0 fully saturated rings. The molecule has 0 aliphatic carbocycles. The molecule has 164 valence electrons. The van der Waals surface area contributed by atoms with Crippen molar-refractivity contribution in [3.05, 3.63) is 12.2 Å². The van der Waals surface area contributed by atoms with Crippen molar-refractivity contribution < 1.29 is 14.3 Å². The third-order valence-electron chi connectivity index (χ3n) is 5.59. The number of esters is 1. The van der Waals surface area contributed by atoms with Gasteiger partial charge in [-0.3, -0.25) is 4.79 Å². The maximum atomic E-state index is 11.9. The molecule has 0 radical (unpaired) electrons. The van der Waals surface area contributed by atoms with Crippen molar-refractivity contribution in [1.82, 2.24) is 0 Å². The number of hydrogen-bond donors (Lipinski definition) is 1. The number of ether oxygens (including phenoxy) is 1. The molecule has 0 saturated carbocycles. The molecule has 0 aromatic rings. The van der Waals surface area contributed by atoms with Crippen molar-refractivity contribution >= 4 is 11.9 Å². The lowest BCUT2D eigenvalue weighted by molar-refractivity contribution is -0.165. The molecule has 1 atom stereocenters. The van der Waals surface area contributed by atoms with Crippen LogP contribution in [-0.4, -0.2) is 17.5 Å². The zero-order valence-corrected chi connectivity index (χ0v) is 18.8.